The molecule has 4 rings (SSSR count). The Morgan fingerprint density at radius 1 is 1.14 bits per heavy atom. The van der Waals surface area contributed by atoms with Crippen LogP contribution in [0.15, 0.2) is 75.0 Å². The fourth-order valence-corrected chi connectivity index (χ4v) is 4.05. The number of carboxylic acids is 1. The average molecular weight is 564 g/mol. The number of carbonyl (C=O) groups is 1. The number of hydrogen-bond donors (Lipinski definition) is 1. The van der Waals surface area contributed by atoms with Gasteiger partial charge in [0.25, 0.3) is 5.56 Å². The SMILES string of the molecule is CC[C@@H](C)c1nc2ccc(Br)cc2c(=O)n1N=Cc1ccc(OCc2ccc(C(=O)O)cc2)c(OC)c1. The molecule has 9 heteroatoms. The molecule has 37 heavy (non-hydrogen) atoms. The minimum atomic E-state index is -0.975. The van der Waals surface area contributed by atoms with Gasteiger partial charge in [-0.25, -0.2) is 9.78 Å². The van der Waals surface area contributed by atoms with E-state index in [1.54, 1.807) is 43.7 Å². The van der Waals surface area contributed by atoms with Crippen LogP contribution in [-0.2, 0) is 6.61 Å². The molecule has 3 aromatic carbocycles. The lowest BCUT2D eigenvalue weighted by Crippen LogP contribution is -2.23. The molecule has 190 valence electrons. The first-order valence-electron chi connectivity index (χ1n) is 11.7. The van der Waals surface area contributed by atoms with E-state index in [-0.39, 0.29) is 23.6 Å². The molecule has 4 aromatic rings. The summed E-state index contributed by atoms with van der Waals surface area (Å²) in [6.07, 6.45) is 2.40. The number of ether oxygens (including phenoxy) is 2. The number of benzene rings is 3. The van der Waals surface area contributed by atoms with E-state index in [2.05, 4.69) is 21.0 Å². The van der Waals surface area contributed by atoms with Crippen LogP contribution in [0.3, 0.4) is 0 Å². The molecular formula is C28H26BrN3O5. The van der Waals surface area contributed by atoms with E-state index < -0.39 is 5.97 Å². The highest BCUT2D eigenvalue weighted by Crippen LogP contribution is 2.28. The van der Waals surface area contributed by atoms with Gasteiger partial charge < -0.3 is 14.6 Å². The summed E-state index contributed by atoms with van der Waals surface area (Å²) in [6, 6.07) is 17.3. The molecule has 0 amide bonds. The number of fused-ring (bicyclic) bond motifs is 1. The van der Waals surface area contributed by atoms with Crippen LogP contribution in [0.25, 0.3) is 10.9 Å². The van der Waals surface area contributed by atoms with Crippen LogP contribution in [0.2, 0.25) is 0 Å². The van der Waals surface area contributed by atoms with Crippen LogP contribution < -0.4 is 15.0 Å². The van der Waals surface area contributed by atoms with Crippen LogP contribution in [0.5, 0.6) is 11.5 Å². The zero-order valence-corrected chi connectivity index (χ0v) is 22.2. The van der Waals surface area contributed by atoms with E-state index in [1.807, 2.05) is 32.0 Å². The molecule has 0 aliphatic rings. The summed E-state index contributed by atoms with van der Waals surface area (Å²) in [7, 11) is 1.54. The molecule has 0 bridgehead atoms. The van der Waals surface area contributed by atoms with Crippen molar-refractivity contribution in [3.05, 3.63) is 98.0 Å². The van der Waals surface area contributed by atoms with E-state index in [0.717, 1.165) is 16.5 Å². The molecule has 1 heterocycles. The molecule has 0 aliphatic heterocycles. The van der Waals surface area contributed by atoms with Gasteiger partial charge >= 0.3 is 5.97 Å². The number of aromatic carboxylic acids is 1. The Hall–Kier alpha value is -3.98. The third kappa shape index (κ3) is 5.89. The monoisotopic (exact) mass is 563 g/mol. The topological polar surface area (TPSA) is 103 Å². The standard InChI is InChI=1S/C28H26BrN3O5/c1-4-17(2)26-31-23-11-10-21(29)14-22(23)27(33)32(26)30-15-19-7-12-24(25(13-19)36-3)37-16-18-5-8-20(9-6-18)28(34)35/h5-15,17H,4,16H2,1-3H3,(H,34,35)/t17-/m1/s1. The molecule has 1 atom stereocenters. The minimum Gasteiger partial charge on any atom is -0.493 e. The fraction of sp³-hybridized carbons (Fsp3) is 0.214. The average Bonchev–Trinajstić information content (AvgIpc) is 2.91. The first-order chi connectivity index (χ1) is 17.8. The van der Waals surface area contributed by atoms with E-state index in [9.17, 15) is 9.59 Å². The van der Waals surface area contributed by atoms with Crippen molar-refractivity contribution in [1.29, 1.82) is 0 Å². The van der Waals surface area contributed by atoms with Crippen LogP contribution in [0, 0.1) is 0 Å². The molecule has 0 radical (unpaired) electrons. The minimum absolute atomic E-state index is 0.0350. The maximum absolute atomic E-state index is 13.3. The lowest BCUT2D eigenvalue weighted by atomic mass is 10.1. The van der Waals surface area contributed by atoms with Gasteiger partial charge in [0.2, 0.25) is 0 Å². The number of nitrogens with zero attached hydrogens (tertiary/aromatic N) is 3. The maximum Gasteiger partial charge on any atom is 0.335 e. The van der Waals surface area contributed by atoms with Gasteiger partial charge in [-0.3, -0.25) is 4.79 Å². The van der Waals surface area contributed by atoms with E-state index in [0.29, 0.717) is 33.8 Å². The Morgan fingerprint density at radius 3 is 2.57 bits per heavy atom. The first-order valence-corrected chi connectivity index (χ1v) is 12.5. The van der Waals surface area contributed by atoms with Gasteiger partial charge in [0.1, 0.15) is 12.4 Å². The lowest BCUT2D eigenvalue weighted by molar-refractivity contribution is 0.0697. The summed E-state index contributed by atoms with van der Waals surface area (Å²) in [4.78, 5) is 29.1. The van der Waals surface area contributed by atoms with E-state index in [1.165, 1.54) is 16.8 Å². The van der Waals surface area contributed by atoms with Crippen LogP contribution in [0.4, 0.5) is 0 Å². The van der Waals surface area contributed by atoms with E-state index in [4.69, 9.17) is 19.6 Å². The Balaban J connectivity index is 1.61. The highest BCUT2D eigenvalue weighted by molar-refractivity contribution is 9.10. The van der Waals surface area contributed by atoms with Gasteiger partial charge in [0.05, 0.1) is 29.8 Å². The lowest BCUT2D eigenvalue weighted by Gasteiger charge is -2.14. The predicted octanol–water partition coefficient (Wildman–Crippen LogP) is 5.84. The summed E-state index contributed by atoms with van der Waals surface area (Å²) in [5, 5.41) is 14.0. The van der Waals surface area contributed by atoms with Crippen molar-refractivity contribution in [2.75, 3.05) is 7.11 Å². The van der Waals surface area contributed by atoms with E-state index >= 15 is 0 Å². The van der Waals surface area contributed by atoms with Gasteiger partial charge in [0, 0.05) is 10.4 Å². The maximum atomic E-state index is 13.3. The zero-order valence-electron chi connectivity index (χ0n) is 20.6. The predicted molar refractivity (Wildman–Crippen MR) is 146 cm³/mol. The van der Waals surface area contributed by atoms with Crippen molar-refractivity contribution in [3.8, 4) is 11.5 Å². The van der Waals surface area contributed by atoms with Crippen LogP contribution in [-0.4, -0.2) is 34.1 Å². The molecule has 1 aromatic heterocycles. The fourth-order valence-electron chi connectivity index (χ4n) is 3.69. The molecule has 0 saturated carbocycles. The Bertz CT molecular complexity index is 1530. The second-order valence-corrected chi connectivity index (χ2v) is 9.42. The van der Waals surface area contributed by atoms with Gasteiger partial charge in [0.15, 0.2) is 11.5 Å². The normalized spacial score (nSPS) is 12.1. The molecule has 0 aliphatic carbocycles. The highest BCUT2D eigenvalue weighted by Gasteiger charge is 2.16. The Kier molecular flexibility index (Phi) is 8.03. The molecular weight excluding hydrogens is 538 g/mol. The van der Waals surface area contributed by atoms with Gasteiger partial charge in [-0.2, -0.15) is 9.78 Å². The number of halogens is 1. The summed E-state index contributed by atoms with van der Waals surface area (Å²) >= 11 is 3.42. The molecule has 0 fully saturated rings. The molecule has 8 nitrogen and oxygen atoms in total. The number of aromatic nitrogens is 2. The Labute approximate surface area is 222 Å². The number of hydrogen-bond acceptors (Lipinski definition) is 6. The largest absolute Gasteiger partial charge is 0.493 e. The third-order valence-corrected chi connectivity index (χ3v) is 6.48. The smallest absolute Gasteiger partial charge is 0.335 e. The number of methoxy groups -OCH3 is 1. The summed E-state index contributed by atoms with van der Waals surface area (Å²) in [5.41, 5.74) is 2.15. The molecule has 0 spiro atoms. The Morgan fingerprint density at radius 2 is 1.89 bits per heavy atom. The number of rotatable bonds is 9. The highest BCUT2D eigenvalue weighted by atomic mass is 79.9. The summed E-state index contributed by atoms with van der Waals surface area (Å²) < 4.78 is 13.5. The van der Waals surface area contributed by atoms with Crippen molar-refractivity contribution in [1.82, 2.24) is 9.66 Å². The second-order valence-electron chi connectivity index (χ2n) is 8.50. The van der Waals surface area contributed by atoms with Crippen molar-refractivity contribution in [3.63, 3.8) is 0 Å². The van der Waals surface area contributed by atoms with Gasteiger partial charge in [-0.15, -0.1) is 0 Å². The zero-order chi connectivity index (χ0) is 26.5. The van der Waals surface area contributed by atoms with Crippen molar-refractivity contribution >= 4 is 39.0 Å². The molecule has 0 saturated heterocycles. The van der Waals surface area contributed by atoms with Crippen molar-refractivity contribution < 1.29 is 19.4 Å². The summed E-state index contributed by atoms with van der Waals surface area (Å²) in [5.74, 6) is 0.683. The second kappa shape index (κ2) is 11.4. The van der Waals surface area contributed by atoms with Gasteiger partial charge in [-0.1, -0.05) is 41.9 Å². The molecule has 0 unspecified atom stereocenters. The van der Waals surface area contributed by atoms with Gasteiger partial charge in [-0.05, 0) is 66.1 Å². The van der Waals surface area contributed by atoms with Crippen molar-refractivity contribution in [2.45, 2.75) is 32.8 Å². The van der Waals surface area contributed by atoms with Crippen molar-refractivity contribution in [2.24, 2.45) is 5.10 Å². The van der Waals surface area contributed by atoms with Crippen LogP contribution >= 0.6 is 15.9 Å². The molecule has 1 N–H and O–H groups in total. The quantitative estimate of drug-likeness (QED) is 0.256. The van der Waals surface area contributed by atoms with Crippen LogP contribution in [0.1, 0.15) is 53.5 Å². The third-order valence-electron chi connectivity index (χ3n) is 5.99. The number of carboxylic acid groups (broad SMARTS) is 1. The first kappa shape index (κ1) is 26.1. The summed E-state index contributed by atoms with van der Waals surface area (Å²) in [6.45, 7) is 4.30.